The van der Waals surface area contributed by atoms with Gasteiger partial charge >= 0.3 is 0 Å². The lowest BCUT2D eigenvalue weighted by molar-refractivity contribution is -0.135. The zero-order valence-electron chi connectivity index (χ0n) is 29.9. The first-order valence-electron chi connectivity index (χ1n) is 18.6. The molecule has 0 radical (unpaired) electrons. The number of allylic oxidation sites excluding steroid dienone is 1. The maximum Gasteiger partial charge on any atom is 0.297 e. The molecule has 3 fully saturated rings. The summed E-state index contributed by atoms with van der Waals surface area (Å²) in [5.74, 6) is -3.83. The van der Waals surface area contributed by atoms with Crippen molar-refractivity contribution >= 4 is 44.3 Å². The number of para-hydroxylation sites is 2. The number of anilines is 1. The summed E-state index contributed by atoms with van der Waals surface area (Å²) in [6.07, 6.45) is 8.72. The Morgan fingerprint density at radius 2 is 1.79 bits per heavy atom. The minimum atomic E-state index is -3.96. The van der Waals surface area contributed by atoms with E-state index in [4.69, 9.17) is 4.74 Å². The van der Waals surface area contributed by atoms with E-state index in [2.05, 4.69) is 20.3 Å². The topological polar surface area (TPSA) is 148 Å². The van der Waals surface area contributed by atoms with Crippen molar-refractivity contribution in [2.24, 2.45) is 17.8 Å². The molecule has 1 aliphatic heterocycles. The lowest BCUT2D eigenvalue weighted by atomic mass is 9.85. The highest BCUT2D eigenvalue weighted by Crippen LogP contribution is 2.48. The van der Waals surface area contributed by atoms with Gasteiger partial charge in [0.05, 0.1) is 22.2 Å². The molecular weight excluding hydrogens is 686 g/mol. The van der Waals surface area contributed by atoms with E-state index in [1.54, 1.807) is 23.6 Å². The van der Waals surface area contributed by atoms with Crippen LogP contribution in [-0.4, -0.2) is 58.0 Å². The van der Waals surface area contributed by atoms with Gasteiger partial charge in [-0.25, -0.2) is 12.8 Å². The summed E-state index contributed by atoms with van der Waals surface area (Å²) >= 11 is 0. The van der Waals surface area contributed by atoms with Crippen LogP contribution in [0.2, 0.25) is 0 Å². The molecule has 7 rings (SSSR count). The summed E-state index contributed by atoms with van der Waals surface area (Å²) in [5.41, 5.74) is 0.0941. The number of ether oxygens (including phenoxy) is 1. The Kier molecular flexibility index (Phi) is 9.68. The molecule has 1 aromatic heterocycles. The molecule has 0 bridgehead atoms. The summed E-state index contributed by atoms with van der Waals surface area (Å²) in [4.78, 5) is 47.6. The van der Waals surface area contributed by atoms with Crippen LogP contribution in [0, 0.1) is 23.6 Å². The van der Waals surface area contributed by atoms with Crippen molar-refractivity contribution in [3.63, 3.8) is 0 Å². The Balaban J connectivity index is 1.21. The Hall–Kier alpha value is -4.26. The molecular formula is C39H48FN5O6S. The average molecular weight is 734 g/mol. The van der Waals surface area contributed by atoms with Crippen LogP contribution in [0.25, 0.3) is 11.0 Å². The molecule has 2 amide bonds. The molecule has 1 unspecified atom stereocenters. The normalized spacial score (nSPS) is 29.0. The smallest absolute Gasteiger partial charge is 0.297 e. The first-order valence-corrected chi connectivity index (χ1v) is 20.0. The summed E-state index contributed by atoms with van der Waals surface area (Å²) < 4.78 is 50.8. The number of amides is 2. The maximum atomic E-state index is 15.0. The zero-order chi connectivity index (χ0) is 36.8. The SMILES string of the molecule is CC(C)n1c(O[C@H]2CC3C(=O)[C@@H](Nc4ccccc4)CCCCCC=C[C@@H]4C[C@@]4(C(=O)NS(=O)(=O)C4(C)CC4)NC(=O)[C@@H]3C2)nc2cccc(F)c21. The van der Waals surface area contributed by atoms with Crippen molar-refractivity contribution in [2.45, 2.75) is 113 Å². The molecule has 13 heteroatoms. The van der Waals surface area contributed by atoms with E-state index in [-0.39, 0.29) is 43.0 Å². The third-order valence-corrected chi connectivity index (χ3v) is 13.6. The van der Waals surface area contributed by atoms with Crippen molar-refractivity contribution in [3.05, 3.63) is 66.5 Å². The maximum absolute atomic E-state index is 15.0. The van der Waals surface area contributed by atoms with Crippen LogP contribution in [0.15, 0.2) is 60.7 Å². The van der Waals surface area contributed by atoms with Gasteiger partial charge in [0.15, 0.2) is 5.78 Å². The number of halogens is 1. The number of aromatic nitrogens is 2. The predicted molar refractivity (Wildman–Crippen MR) is 195 cm³/mol. The Bertz CT molecular complexity index is 1990. The molecule has 0 saturated heterocycles. The van der Waals surface area contributed by atoms with Gasteiger partial charge in [-0.1, -0.05) is 49.3 Å². The van der Waals surface area contributed by atoms with Crippen LogP contribution in [0.4, 0.5) is 10.1 Å². The molecule has 3 aliphatic carbocycles. The highest BCUT2D eigenvalue weighted by atomic mass is 32.2. The van der Waals surface area contributed by atoms with Crippen LogP contribution in [0.5, 0.6) is 6.01 Å². The van der Waals surface area contributed by atoms with Crippen molar-refractivity contribution < 1.29 is 31.9 Å². The minimum absolute atomic E-state index is 0.124. The van der Waals surface area contributed by atoms with E-state index in [0.717, 1.165) is 31.4 Å². The second kappa shape index (κ2) is 13.9. The van der Waals surface area contributed by atoms with Gasteiger partial charge in [-0.15, -0.1) is 0 Å². The number of carbonyl (C=O) groups is 3. The molecule has 52 heavy (non-hydrogen) atoms. The number of fused-ring (bicyclic) bond motifs is 3. The molecule has 4 aliphatic rings. The Morgan fingerprint density at radius 3 is 2.52 bits per heavy atom. The van der Waals surface area contributed by atoms with Crippen molar-refractivity contribution in [1.82, 2.24) is 19.6 Å². The van der Waals surface area contributed by atoms with E-state index < -0.39 is 61.9 Å². The van der Waals surface area contributed by atoms with Gasteiger partial charge in [0.1, 0.15) is 23.0 Å². The molecule has 3 N–H and O–H groups in total. The summed E-state index contributed by atoms with van der Waals surface area (Å²) in [6.45, 7) is 5.42. The third kappa shape index (κ3) is 6.95. The second-order valence-electron chi connectivity index (χ2n) is 15.6. The minimum Gasteiger partial charge on any atom is -0.461 e. The van der Waals surface area contributed by atoms with Gasteiger partial charge in [-0.3, -0.25) is 23.7 Å². The van der Waals surface area contributed by atoms with Gasteiger partial charge < -0.3 is 15.4 Å². The molecule has 2 heterocycles. The fourth-order valence-electron chi connectivity index (χ4n) is 7.89. The largest absolute Gasteiger partial charge is 0.461 e. The number of imidazole rings is 1. The van der Waals surface area contributed by atoms with E-state index in [1.165, 1.54) is 6.07 Å². The first-order chi connectivity index (χ1) is 24.8. The fourth-order valence-corrected chi connectivity index (χ4v) is 9.20. The van der Waals surface area contributed by atoms with Crippen molar-refractivity contribution in [3.8, 4) is 6.01 Å². The summed E-state index contributed by atoms with van der Waals surface area (Å²) in [6, 6.07) is 13.6. The Morgan fingerprint density at radius 1 is 1.04 bits per heavy atom. The van der Waals surface area contributed by atoms with Gasteiger partial charge in [-0.2, -0.15) is 4.98 Å². The summed E-state index contributed by atoms with van der Waals surface area (Å²) in [5, 5.41) is 6.39. The van der Waals surface area contributed by atoms with Crippen molar-refractivity contribution in [1.29, 1.82) is 0 Å². The van der Waals surface area contributed by atoms with E-state index in [9.17, 15) is 22.8 Å². The quantitative estimate of drug-likeness (QED) is 0.240. The fraction of sp³-hybridized carbons (Fsp3) is 0.538. The number of nitrogens with one attached hydrogen (secondary N) is 3. The van der Waals surface area contributed by atoms with Crippen LogP contribution < -0.4 is 20.1 Å². The number of benzene rings is 2. The molecule has 11 nitrogen and oxygen atoms in total. The molecule has 278 valence electrons. The van der Waals surface area contributed by atoms with Gasteiger partial charge in [0.25, 0.3) is 11.9 Å². The molecule has 0 spiro atoms. The molecule has 3 aromatic rings. The lowest BCUT2D eigenvalue weighted by Crippen LogP contribution is -2.55. The average Bonchev–Trinajstić information content (AvgIpc) is 3.92. The van der Waals surface area contributed by atoms with E-state index >= 15 is 4.39 Å². The van der Waals surface area contributed by atoms with Gasteiger partial charge in [0, 0.05) is 23.6 Å². The van der Waals surface area contributed by atoms with Gasteiger partial charge in [-0.05, 0) is 96.4 Å². The summed E-state index contributed by atoms with van der Waals surface area (Å²) in [7, 11) is -3.96. The molecule has 6 atom stereocenters. The Labute approximate surface area is 304 Å². The molecule has 2 aromatic carbocycles. The van der Waals surface area contributed by atoms with Crippen LogP contribution >= 0.6 is 0 Å². The van der Waals surface area contributed by atoms with Gasteiger partial charge in [0.2, 0.25) is 15.9 Å². The number of ketones is 1. The number of hydrogen-bond donors (Lipinski definition) is 3. The first kappa shape index (κ1) is 36.1. The molecule has 3 saturated carbocycles. The number of Topliss-reactive ketones (excluding diaryl/α,β-unsaturated/α-hetero) is 1. The van der Waals surface area contributed by atoms with Crippen LogP contribution in [-0.2, 0) is 24.4 Å². The lowest BCUT2D eigenvalue weighted by Gasteiger charge is -2.27. The van der Waals surface area contributed by atoms with E-state index in [1.807, 2.05) is 56.3 Å². The number of sulfonamides is 1. The second-order valence-corrected chi connectivity index (χ2v) is 17.8. The number of rotatable bonds is 8. The predicted octanol–water partition coefficient (Wildman–Crippen LogP) is 5.97. The number of hydrogen-bond acceptors (Lipinski definition) is 8. The van der Waals surface area contributed by atoms with Crippen molar-refractivity contribution in [2.75, 3.05) is 5.32 Å². The highest BCUT2D eigenvalue weighted by Gasteiger charge is 2.63. The third-order valence-electron chi connectivity index (χ3n) is 11.4. The van der Waals surface area contributed by atoms with Crippen LogP contribution in [0.3, 0.4) is 0 Å². The number of carbonyl (C=O) groups excluding carboxylic acids is 3. The standard InChI is InChI=1S/C39H48FN5O6S/c1-24(2)45-33-30(40)16-12-18-31(33)42-37(45)51-27-21-28-29(22-27)35(47)43-39(36(48)44-52(49,50)38(3)19-20-38)23-25(39)13-8-5-4-6-11-17-32(34(28)46)41-26-14-9-7-10-15-26/h7-10,12-16,18,24-25,27-29,32,41H,4-6,11,17,19-23H2,1-3H3,(H,43,47)(H,44,48)/t25-,27+,28?,29-,32+,39-/m1/s1. The van der Waals surface area contributed by atoms with Crippen LogP contribution in [0.1, 0.15) is 91.0 Å². The zero-order valence-corrected chi connectivity index (χ0v) is 30.8. The highest BCUT2D eigenvalue weighted by molar-refractivity contribution is 7.91. The van der Waals surface area contributed by atoms with E-state index in [0.29, 0.717) is 30.3 Å². The monoisotopic (exact) mass is 733 g/mol. The number of nitrogens with zero attached hydrogens (tertiary/aromatic N) is 2.